The Balaban J connectivity index is 2.19. The maximum atomic E-state index is 13.0. The molecule has 7 nitrogen and oxygen atoms in total. The van der Waals surface area contributed by atoms with Crippen molar-refractivity contribution in [2.24, 2.45) is 5.16 Å². The van der Waals surface area contributed by atoms with Crippen molar-refractivity contribution in [3.05, 3.63) is 35.9 Å². The highest BCUT2D eigenvalue weighted by Crippen LogP contribution is 2.27. The first-order chi connectivity index (χ1) is 14.3. The molecule has 0 saturated carbocycles. The molecule has 0 bridgehead atoms. The summed E-state index contributed by atoms with van der Waals surface area (Å²) in [6.07, 6.45) is -0.419. The number of hydrogen-bond acceptors (Lipinski definition) is 6. The summed E-state index contributed by atoms with van der Waals surface area (Å²) in [5, 5.41) is 8.10. The van der Waals surface area contributed by atoms with Gasteiger partial charge in [0.15, 0.2) is 10.9 Å². The van der Waals surface area contributed by atoms with E-state index in [-0.39, 0.29) is 35.5 Å². The Bertz CT molecular complexity index is 861. The Labute approximate surface area is 181 Å². The first-order valence-corrected chi connectivity index (χ1v) is 10.6. The van der Waals surface area contributed by atoms with Crippen molar-refractivity contribution in [1.29, 1.82) is 0 Å². The Morgan fingerprint density at radius 3 is 2.77 bits per heavy atom. The summed E-state index contributed by atoms with van der Waals surface area (Å²) in [6.45, 7) is 3.89. The molecule has 30 heavy (non-hydrogen) atoms. The van der Waals surface area contributed by atoms with E-state index in [2.05, 4.69) is 15.2 Å². The lowest BCUT2D eigenvalue weighted by Gasteiger charge is -2.20. The van der Waals surface area contributed by atoms with Gasteiger partial charge in [-0.15, -0.1) is 0 Å². The van der Waals surface area contributed by atoms with Crippen LogP contribution in [0.25, 0.3) is 5.69 Å². The van der Waals surface area contributed by atoms with Crippen LogP contribution >= 0.6 is 23.4 Å². The van der Waals surface area contributed by atoms with E-state index in [9.17, 15) is 18.0 Å². The van der Waals surface area contributed by atoms with Gasteiger partial charge in [0.1, 0.15) is 12.3 Å². The van der Waals surface area contributed by atoms with E-state index in [1.165, 1.54) is 9.58 Å². The molecule has 2 rings (SSSR count). The number of amides is 1. The second-order valence-electron chi connectivity index (χ2n) is 5.88. The summed E-state index contributed by atoms with van der Waals surface area (Å²) >= 11 is 7.21. The molecule has 164 valence electrons. The number of hydrogen-bond donors (Lipinski definition) is 0. The van der Waals surface area contributed by atoms with Crippen LogP contribution in [0, 0.1) is 0 Å². The van der Waals surface area contributed by atoms with Crippen LogP contribution in [-0.2, 0) is 9.63 Å². The fourth-order valence-electron chi connectivity index (χ4n) is 2.35. The Hall–Kier alpha value is -2.27. The van der Waals surface area contributed by atoms with Crippen LogP contribution in [0.4, 0.5) is 18.9 Å². The van der Waals surface area contributed by atoms with E-state index in [4.69, 9.17) is 16.4 Å². The smallest absolute Gasteiger partial charge is 0.389 e. The molecule has 0 unspecified atom stereocenters. The van der Waals surface area contributed by atoms with Crippen molar-refractivity contribution in [3.63, 3.8) is 0 Å². The van der Waals surface area contributed by atoms with Crippen LogP contribution in [0.1, 0.15) is 20.3 Å². The van der Waals surface area contributed by atoms with Gasteiger partial charge in [-0.2, -0.15) is 30.0 Å². The molecule has 0 aromatic carbocycles. The van der Waals surface area contributed by atoms with Crippen LogP contribution in [-0.4, -0.2) is 57.2 Å². The topological polar surface area (TPSA) is 72.6 Å². The number of pyridine rings is 1. The highest BCUT2D eigenvalue weighted by molar-refractivity contribution is 8.00. The Morgan fingerprint density at radius 2 is 2.17 bits per heavy atom. The number of carbonyl (C=O) groups is 1. The van der Waals surface area contributed by atoms with Crippen molar-refractivity contribution in [3.8, 4) is 5.69 Å². The molecule has 0 spiro atoms. The lowest BCUT2D eigenvalue weighted by molar-refractivity contribution is -0.129. The van der Waals surface area contributed by atoms with Gasteiger partial charge < -0.3 is 9.74 Å². The van der Waals surface area contributed by atoms with E-state index in [0.717, 1.165) is 11.8 Å². The van der Waals surface area contributed by atoms with Crippen LogP contribution in [0.5, 0.6) is 0 Å². The van der Waals surface area contributed by atoms with Crippen LogP contribution in [0.3, 0.4) is 0 Å². The largest absolute Gasteiger partial charge is 0.396 e. The maximum Gasteiger partial charge on any atom is 0.389 e. The molecule has 0 atom stereocenters. The number of anilines is 1. The minimum Gasteiger partial charge on any atom is -0.396 e. The minimum absolute atomic E-state index is 0.00364. The van der Waals surface area contributed by atoms with Gasteiger partial charge in [0, 0.05) is 24.2 Å². The third-order valence-corrected chi connectivity index (χ3v) is 4.97. The number of thioether (sulfide) groups is 1. The number of rotatable bonds is 10. The first-order valence-electron chi connectivity index (χ1n) is 9.07. The van der Waals surface area contributed by atoms with E-state index in [1.54, 1.807) is 44.6 Å². The van der Waals surface area contributed by atoms with Gasteiger partial charge in [-0.05, 0) is 26.0 Å². The van der Waals surface area contributed by atoms with E-state index in [1.807, 2.05) is 0 Å². The molecular weight excluding hydrogens is 443 g/mol. The molecule has 2 heterocycles. The monoisotopic (exact) mass is 463 g/mol. The van der Waals surface area contributed by atoms with Crippen molar-refractivity contribution in [1.82, 2.24) is 14.8 Å². The molecule has 12 heteroatoms. The molecule has 0 N–H and O–H groups in total. The lowest BCUT2D eigenvalue weighted by atomic mass is 10.3. The summed E-state index contributed by atoms with van der Waals surface area (Å²) in [7, 11) is 0. The maximum absolute atomic E-state index is 13.0. The summed E-state index contributed by atoms with van der Waals surface area (Å²) in [5.74, 6) is -0.730. The quantitative estimate of drug-likeness (QED) is 0.297. The molecule has 0 radical (unpaired) electrons. The van der Waals surface area contributed by atoms with Crippen molar-refractivity contribution in [2.75, 3.05) is 29.6 Å². The zero-order valence-corrected chi connectivity index (χ0v) is 18.0. The first kappa shape index (κ1) is 24.0. The molecule has 0 saturated heterocycles. The summed E-state index contributed by atoms with van der Waals surface area (Å²) in [5.41, 5.74) is 0.994. The number of alkyl halides is 3. The average molecular weight is 464 g/mol. The highest BCUT2D eigenvalue weighted by atomic mass is 35.5. The summed E-state index contributed by atoms with van der Waals surface area (Å²) in [6, 6.07) is 3.51. The van der Waals surface area contributed by atoms with Gasteiger partial charge in [0.2, 0.25) is 0 Å². The molecule has 2 aromatic heterocycles. The van der Waals surface area contributed by atoms with Gasteiger partial charge in [-0.1, -0.05) is 16.8 Å². The molecule has 1 amide bonds. The lowest BCUT2D eigenvalue weighted by Crippen LogP contribution is -2.38. The predicted octanol–water partition coefficient (Wildman–Crippen LogP) is 4.35. The normalized spacial score (nSPS) is 12.1. The fourth-order valence-corrected chi connectivity index (χ4v) is 3.47. The number of carbonyl (C=O) groups excluding carboxylic acids is 1. The zero-order valence-electron chi connectivity index (χ0n) is 16.4. The molecule has 0 aliphatic rings. The van der Waals surface area contributed by atoms with E-state index in [0.29, 0.717) is 11.4 Å². The van der Waals surface area contributed by atoms with E-state index < -0.39 is 18.5 Å². The SMILES string of the molecule is CCO/N=C(/CSCCC(F)(F)F)C(=O)N(CC)c1cn(-c2cccnc2)nc1Cl. The molecule has 0 aliphatic heterocycles. The predicted molar refractivity (Wildman–Crippen MR) is 111 cm³/mol. The average Bonchev–Trinajstić information content (AvgIpc) is 3.09. The Kier molecular flexibility index (Phi) is 8.97. The van der Waals surface area contributed by atoms with Gasteiger partial charge in [0.05, 0.1) is 24.5 Å². The standard InChI is InChI=1S/C18H21ClF3N5O2S/c1-3-26(15-11-27(24-16(15)19)13-6-5-8-23-10-13)17(28)14(25-29-4-2)12-30-9-7-18(20,21)22/h5-6,8,10-11H,3-4,7,9,12H2,1-2H3/b25-14-. The van der Waals surface area contributed by atoms with Crippen LogP contribution in [0.2, 0.25) is 5.15 Å². The van der Waals surface area contributed by atoms with Gasteiger partial charge in [-0.25, -0.2) is 4.68 Å². The molecule has 0 fully saturated rings. The van der Waals surface area contributed by atoms with E-state index >= 15 is 0 Å². The second-order valence-corrected chi connectivity index (χ2v) is 7.35. The van der Waals surface area contributed by atoms with Gasteiger partial charge >= 0.3 is 6.18 Å². The summed E-state index contributed by atoms with van der Waals surface area (Å²) in [4.78, 5) is 23.4. The minimum atomic E-state index is -4.25. The van der Waals surface area contributed by atoms with Crippen molar-refractivity contribution < 1.29 is 22.8 Å². The van der Waals surface area contributed by atoms with Crippen LogP contribution < -0.4 is 4.90 Å². The number of aromatic nitrogens is 3. The highest BCUT2D eigenvalue weighted by Gasteiger charge is 2.28. The molecule has 0 aliphatic carbocycles. The second kappa shape index (κ2) is 11.2. The van der Waals surface area contributed by atoms with Crippen molar-refractivity contribution in [2.45, 2.75) is 26.4 Å². The van der Waals surface area contributed by atoms with Gasteiger partial charge in [-0.3, -0.25) is 9.78 Å². The van der Waals surface area contributed by atoms with Crippen molar-refractivity contribution >= 4 is 40.7 Å². The van der Waals surface area contributed by atoms with Gasteiger partial charge in [0.25, 0.3) is 5.91 Å². The Morgan fingerprint density at radius 1 is 1.40 bits per heavy atom. The third-order valence-electron chi connectivity index (χ3n) is 3.73. The molecular formula is C18H21ClF3N5O2S. The number of oxime groups is 1. The number of nitrogens with zero attached hydrogens (tertiary/aromatic N) is 5. The fraction of sp³-hybridized carbons (Fsp3) is 0.444. The zero-order chi connectivity index (χ0) is 22.1. The summed E-state index contributed by atoms with van der Waals surface area (Å²) < 4.78 is 38.6. The number of halogens is 4. The third kappa shape index (κ3) is 6.91. The molecule has 2 aromatic rings. The van der Waals surface area contributed by atoms with Crippen LogP contribution in [0.15, 0.2) is 35.9 Å².